The van der Waals surface area contributed by atoms with Gasteiger partial charge in [0, 0.05) is 6.42 Å². The molecule has 0 bridgehead atoms. The summed E-state index contributed by atoms with van der Waals surface area (Å²) in [5.41, 5.74) is 0. The fourth-order valence-electron chi connectivity index (χ4n) is 3.17. The lowest BCUT2D eigenvalue weighted by Crippen LogP contribution is -2.30. The molecule has 1 rings (SSSR count). The van der Waals surface area contributed by atoms with Crippen LogP contribution >= 0.6 is 0 Å². The van der Waals surface area contributed by atoms with Gasteiger partial charge in [0.15, 0.2) is 0 Å². The van der Waals surface area contributed by atoms with Gasteiger partial charge in [-0.15, -0.1) is 0 Å². The van der Waals surface area contributed by atoms with Crippen LogP contribution in [0, 0.1) is 0 Å². The molecular formula is C20H39N2+. The third-order valence-corrected chi connectivity index (χ3v) is 4.74. The first kappa shape index (κ1) is 19.3. The highest BCUT2D eigenvalue weighted by molar-refractivity contribution is 4.76. The first-order valence-corrected chi connectivity index (χ1v) is 9.86. The van der Waals surface area contributed by atoms with E-state index in [2.05, 4.69) is 29.7 Å². The average molecular weight is 308 g/mol. The molecule has 0 spiro atoms. The number of hydrogen-bond acceptors (Lipinski definition) is 0. The summed E-state index contributed by atoms with van der Waals surface area (Å²) in [6.45, 7) is 2.29. The van der Waals surface area contributed by atoms with Gasteiger partial charge in [0.05, 0.1) is 7.05 Å². The Labute approximate surface area is 138 Å². The van der Waals surface area contributed by atoms with Gasteiger partial charge in [-0.1, -0.05) is 90.4 Å². The quantitative estimate of drug-likeness (QED) is 0.309. The number of aryl methyl sites for hydroxylation is 2. The molecule has 2 nitrogen and oxygen atoms in total. The minimum absolute atomic E-state index is 1.20. The monoisotopic (exact) mass is 307 g/mol. The van der Waals surface area contributed by atoms with E-state index in [0.717, 1.165) is 0 Å². The van der Waals surface area contributed by atoms with Crippen LogP contribution in [0.15, 0.2) is 12.4 Å². The molecule has 0 saturated carbocycles. The predicted octanol–water partition coefficient (Wildman–Crippen LogP) is 5.86. The normalized spacial score (nSPS) is 11.2. The van der Waals surface area contributed by atoms with E-state index >= 15 is 0 Å². The first-order chi connectivity index (χ1) is 10.8. The van der Waals surface area contributed by atoms with Gasteiger partial charge in [0.1, 0.15) is 12.4 Å². The highest BCUT2D eigenvalue weighted by atomic mass is 15.0. The Balaban J connectivity index is 1.74. The van der Waals surface area contributed by atoms with Gasteiger partial charge in [-0.25, -0.2) is 9.55 Å². The zero-order valence-electron chi connectivity index (χ0n) is 15.2. The van der Waals surface area contributed by atoms with Crippen molar-refractivity contribution in [1.82, 2.24) is 4.98 Å². The molecule has 0 aromatic carbocycles. The van der Waals surface area contributed by atoms with E-state index < -0.39 is 0 Å². The summed E-state index contributed by atoms with van der Waals surface area (Å²) in [4.78, 5) is 3.32. The fourth-order valence-corrected chi connectivity index (χ4v) is 3.17. The van der Waals surface area contributed by atoms with Crippen LogP contribution in [0.25, 0.3) is 0 Å². The van der Waals surface area contributed by atoms with E-state index in [4.69, 9.17) is 0 Å². The van der Waals surface area contributed by atoms with Crippen LogP contribution in [0.5, 0.6) is 0 Å². The van der Waals surface area contributed by atoms with Gasteiger partial charge in [0.2, 0.25) is 0 Å². The maximum atomic E-state index is 3.32. The molecule has 0 aliphatic rings. The van der Waals surface area contributed by atoms with Crippen molar-refractivity contribution in [3.8, 4) is 0 Å². The number of imidazole rings is 1. The smallest absolute Gasteiger partial charge is 0.248 e. The molecule has 0 radical (unpaired) electrons. The molecule has 0 saturated heterocycles. The number of rotatable bonds is 15. The minimum Gasteiger partial charge on any atom is -0.248 e. The van der Waals surface area contributed by atoms with Crippen LogP contribution in [0.1, 0.15) is 103 Å². The molecule has 2 heteroatoms. The molecule has 0 aliphatic heterocycles. The van der Waals surface area contributed by atoms with E-state index in [9.17, 15) is 0 Å². The van der Waals surface area contributed by atoms with Gasteiger partial charge >= 0.3 is 0 Å². The van der Waals surface area contributed by atoms with Gasteiger partial charge in [-0.3, -0.25) is 0 Å². The zero-order valence-corrected chi connectivity index (χ0v) is 15.2. The Hall–Kier alpha value is -0.790. The highest BCUT2D eigenvalue weighted by Crippen LogP contribution is 2.13. The molecule has 0 unspecified atom stereocenters. The second kappa shape index (κ2) is 13.8. The van der Waals surface area contributed by atoms with Crippen LogP contribution in [0.2, 0.25) is 0 Å². The van der Waals surface area contributed by atoms with E-state index in [-0.39, 0.29) is 0 Å². The van der Waals surface area contributed by atoms with Crippen molar-refractivity contribution in [2.45, 2.75) is 103 Å². The predicted molar refractivity (Wildman–Crippen MR) is 96.0 cm³/mol. The molecule has 0 atom stereocenters. The third kappa shape index (κ3) is 10.0. The maximum absolute atomic E-state index is 3.32. The highest BCUT2D eigenvalue weighted by Gasteiger charge is 2.04. The Bertz CT molecular complexity index is 343. The number of nitrogens with zero attached hydrogens (tertiary/aromatic N) is 1. The van der Waals surface area contributed by atoms with Crippen molar-refractivity contribution in [2.24, 2.45) is 7.05 Å². The summed E-state index contributed by atoms with van der Waals surface area (Å²) in [5.74, 6) is 1.36. The molecular weight excluding hydrogens is 268 g/mol. The van der Waals surface area contributed by atoms with Crippen LogP contribution in [-0.2, 0) is 13.5 Å². The number of unbranched alkanes of at least 4 members (excludes halogenated alkanes) is 13. The van der Waals surface area contributed by atoms with E-state index in [0.29, 0.717) is 0 Å². The number of aromatic nitrogens is 2. The van der Waals surface area contributed by atoms with Gasteiger partial charge in [-0.05, 0) is 6.42 Å². The second-order valence-electron chi connectivity index (χ2n) is 6.86. The fraction of sp³-hybridized carbons (Fsp3) is 0.850. The molecule has 1 N–H and O–H groups in total. The van der Waals surface area contributed by atoms with Crippen molar-refractivity contribution in [2.75, 3.05) is 0 Å². The molecule has 0 amide bonds. The summed E-state index contributed by atoms with van der Waals surface area (Å²) >= 11 is 0. The first-order valence-electron chi connectivity index (χ1n) is 9.86. The number of hydrogen-bond donors (Lipinski definition) is 1. The van der Waals surface area contributed by atoms with Crippen molar-refractivity contribution in [1.29, 1.82) is 0 Å². The summed E-state index contributed by atoms with van der Waals surface area (Å²) in [6, 6.07) is 0. The number of nitrogens with one attached hydrogen (secondary N) is 1. The SMILES string of the molecule is CCCCCCCCCCCCCCCCc1[nH]cc[n+]1C. The third-order valence-electron chi connectivity index (χ3n) is 4.74. The Kier molecular flexibility index (Phi) is 12.1. The molecule has 1 heterocycles. The topological polar surface area (TPSA) is 19.7 Å². The molecule has 128 valence electrons. The van der Waals surface area contributed by atoms with Gasteiger partial charge < -0.3 is 0 Å². The molecule has 1 aromatic heterocycles. The lowest BCUT2D eigenvalue weighted by molar-refractivity contribution is -0.677. The lowest BCUT2D eigenvalue weighted by atomic mass is 10.0. The van der Waals surface area contributed by atoms with E-state index in [1.165, 1.54) is 102 Å². The number of aromatic amines is 1. The average Bonchev–Trinajstić information content (AvgIpc) is 2.93. The zero-order chi connectivity index (χ0) is 15.9. The molecule has 0 aliphatic carbocycles. The summed E-state index contributed by atoms with van der Waals surface area (Å²) in [5, 5.41) is 0. The van der Waals surface area contributed by atoms with Crippen molar-refractivity contribution in [3.05, 3.63) is 18.2 Å². The van der Waals surface area contributed by atoms with Crippen LogP contribution in [0.3, 0.4) is 0 Å². The van der Waals surface area contributed by atoms with Crippen LogP contribution in [-0.4, -0.2) is 4.98 Å². The molecule has 22 heavy (non-hydrogen) atoms. The van der Waals surface area contributed by atoms with Gasteiger partial charge in [0.25, 0.3) is 5.82 Å². The number of H-pyrrole nitrogens is 1. The Morgan fingerprint density at radius 1 is 0.727 bits per heavy atom. The van der Waals surface area contributed by atoms with Crippen LogP contribution < -0.4 is 4.57 Å². The summed E-state index contributed by atoms with van der Waals surface area (Å²) in [6.07, 6.45) is 25.4. The standard InChI is InChI=1S/C20H38N2/c1-3-4-5-6-7-8-9-10-11-12-13-14-15-16-17-20-21-18-19-22(20)2/h18-19H,3-17H2,1-2H3/p+1. The summed E-state index contributed by atoms with van der Waals surface area (Å²) < 4.78 is 2.20. The van der Waals surface area contributed by atoms with E-state index in [1.807, 2.05) is 6.20 Å². The molecule has 1 aromatic rings. The van der Waals surface area contributed by atoms with Crippen molar-refractivity contribution >= 4 is 0 Å². The second-order valence-corrected chi connectivity index (χ2v) is 6.86. The van der Waals surface area contributed by atoms with Crippen molar-refractivity contribution in [3.63, 3.8) is 0 Å². The van der Waals surface area contributed by atoms with Crippen LogP contribution in [0.4, 0.5) is 0 Å². The lowest BCUT2D eigenvalue weighted by Gasteiger charge is -2.03. The van der Waals surface area contributed by atoms with E-state index in [1.54, 1.807) is 0 Å². The van der Waals surface area contributed by atoms with Gasteiger partial charge in [-0.2, -0.15) is 0 Å². The summed E-state index contributed by atoms with van der Waals surface area (Å²) in [7, 11) is 2.12. The molecule has 0 fully saturated rings. The maximum Gasteiger partial charge on any atom is 0.253 e. The Morgan fingerprint density at radius 3 is 1.59 bits per heavy atom. The van der Waals surface area contributed by atoms with Crippen molar-refractivity contribution < 1.29 is 4.57 Å². The Morgan fingerprint density at radius 2 is 1.18 bits per heavy atom. The largest absolute Gasteiger partial charge is 0.253 e. The minimum atomic E-state index is 1.20.